The van der Waals surface area contributed by atoms with E-state index in [1.807, 2.05) is 13.1 Å². The van der Waals surface area contributed by atoms with Gasteiger partial charge in [-0.15, -0.1) is 0 Å². The number of hydrogen-bond donors (Lipinski definition) is 2. The van der Waals surface area contributed by atoms with Crippen molar-refractivity contribution < 1.29 is 4.79 Å². The van der Waals surface area contributed by atoms with Gasteiger partial charge in [-0.1, -0.05) is 12.1 Å². The van der Waals surface area contributed by atoms with Gasteiger partial charge in [0.15, 0.2) is 0 Å². The van der Waals surface area contributed by atoms with E-state index in [4.69, 9.17) is 5.73 Å². The summed E-state index contributed by atoms with van der Waals surface area (Å²) in [5, 5.41) is 3.27. The van der Waals surface area contributed by atoms with Gasteiger partial charge in [-0.25, -0.2) is 0 Å². The fourth-order valence-corrected chi connectivity index (χ4v) is 2.15. The van der Waals surface area contributed by atoms with Crippen molar-refractivity contribution in [3.8, 4) is 0 Å². The number of carbonyl (C=O) groups is 1. The van der Waals surface area contributed by atoms with Crippen molar-refractivity contribution in [1.29, 1.82) is 0 Å². The SMILES string of the molecule is CN1C(=O)CCc2cc(CNCCN)ccc21. The minimum absolute atomic E-state index is 0.200. The first-order valence-electron chi connectivity index (χ1n) is 6.01. The predicted octanol–water partition coefficient (Wildman–Crippen LogP) is 0.644. The Hall–Kier alpha value is -1.39. The summed E-state index contributed by atoms with van der Waals surface area (Å²) in [6.45, 7) is 2.32. The standard InChI is InChI=1S/C13H19N3O/c1-16-12-4-2-10(9-15-7-6-14)8-11(12)3-5-13(16)17/h2,4,8,15H,3,5-7,9,14H2,1H3. The van der Waals surface area contributed by atoms with Crippen LogP contribution in [0.15, 0.2) is 18.2 Å². The van der Waals surface area contributed by atoms with Crippen LogP contribution in [0, 0.1) is 0 Å². The average Bonchev–Trinajstić information content (AvgIpc) is 2.34. The van der Waals surface area contributed by atoms with Crippen LogP contribution >= 0.6 is 0 Å². The van der Waals surface area contributed by atoms with Crippen molar-refractivity contribution in [2.45, 2.75) is 19.4 Å². The summed E-state index contributed by atoms with van der Waals surface area (Å²) in [6.07, 6.45) is 1.46. The summed E-state index contributed by atoms with van der Waals surface area (Å²) >= 11 is 0. The monoisotopic (exact) mass is 233 g/mol. The summed E-state index contributed by atoms with van der Waals surface area (Å²) < 4.78 is 0. The normalized spacial score (nSPS) is 14.9. The smallest absolute Gasteiger partial charge is 0.227 e. The van der Waals surface area contributed by atoms with Gasteiger partial charge in [0.2, 0.25) is 5.91 Å². The molecule has 0 saturated carbocycles. The molecule has 92 valence electrons. The molecule has 0 spiro atoms. The summed E-state index contributed by atoms with van der Waals surface area (Å²) in [4.78, 5) is 13.3. The highest BCUT2D eigenvalue weighted by atomic mass is 16.2. The molecule has 1 aromatic rings. The van der Waals surface area contributed by atoms with E-state index in [-0.39, 0.29) is 5.91 Å². The number of hydrogen-bond acceptors (Lipinski definition) is 3. The molecule has 0 bridgehead atoms. The van der Waals surface area contributed by atoms with E-state index in [0.29, 0.717) is 13.0 Å². The Morgan fingerprint density at radius 3 is 3.00 bits per heavy atom. The third-order valence-corrected chi connectivity index (χ3v) is 3.14. The minimum Gasteiger partial charge on any atom is -0.329 e. The Morgan fingerprint density at radius 1 is 1.41 bits per heavy atom. The number of aryl methyl sites for hydroxylation is 1. The number of fused-ring (bicyclic) bond motifs is 1. The van der Waals surface area contributed by atoms with E-state index in [2.05, 4.69) is 17.4 Å². The Balaban J connectivity index is 2.12. The van der Waals surface area contributed by atoms with Crippen molar-refractivity contribution in [1.82, 2.24) is 5.32 Å². The van der Waals surface area contributed by atoms with Crippen LogP contribution in [0.4, 0.5) is 5.69 Å². The van der Waals surface area contributed by atoms with Crippen LogP contribution < -0.4 is 16.0 Å². The summed E-state index contributed by atoms with van der Waals surface area (Å²) in [5.74, 6) is 0.200. The van der Waals surface area contributed by atoms with Crippen LogP contribution in [-0.4, -0.2) is 26.0 Å². The third-order valence-electron chi connectivity index (χ3n) is 3.14. The molecule has 1 aromatic carbocycles. The molecule has 17 heavy (non-hydrogen) atoms. The largest absolute Gasteiger partial charge is 0.329 e. The summed E-state index contributed by atoms with van der Waals surface area (Å²) in [5.41, 5.74) is 8.99. The first kappa shape index (κ1) is 12.1. The van der Waals surface area contributed by atoms with Gasteiger partial charge in [0, 0.05) is 38.8 Å². The molecule has 0 unspecified atom stereocenters. The Bertz CT molecular complexity index is 417. The van der Waals surface area contributed by atoms with Crippen LogP contribution in [0.5, 0.6) is 0 Å². The number of amides is 1. The maximum Gasteiger partial charge on any atom is 0.227 e. The van der Waals surface area contributed by atoms with Gasteiger partial charge in [0.25, 0.3) is 0 Å². The maximum atomic E-state index is 11.6. The molecule has 0 atom stereocenters. The van der Waals surface area contributed by atoms with Crippen molar-refractivity contribution >= 4 is 11.6 Å². The van der Waals surface area contributed by atoms with Crippen molar-refractivity contribution in [3.05, 3.63) is 29.3 Å². The van der Waals surface area contributed by atoms with E-state index in [9.17, 15) is 4.79 Å². The van der Waals surface area contributed by atoms with E-state index in [1.54, 1.807) is 4.90 Å². The lowest BCUT2D eigenvalue weighted by molar-refractivity contribution is -0.118. The quantitative estimate of drug-likeness (QED) is 0.750. The molecular formula is C13H19N3O. The lowest BCUT2D eigenvalue weighted by Crippen LogP contribution is -2.31. The first-order chi connectivity index (χ1) is 8.22. The average molecular weight is 233 g/mol. The van der Waals surface area contributed by atoms with Crippen LogP contribution in [0.1, 0.15) is 17.5 Å². The summed E-state index contributed by atoms with van der Waals surface area (Å²) in [7, 11) is 1.84. The molecule has 2 rings (SSSR count). The van der Waals surface area contributed by atoms with Gasteiger partial charge < -0.3 is 16.0 Å². The number of nitrogens with one attached hydrogen (secondary N) is 1. The van der Waals surface area contributed by atoms with Gasteiger partial charge in [-0.3, -0.25) is 4.79 Å². The van der Waals surface area contributed by atoms with Crippen LogP contribution in [-0.2, 0) is 17.8 Å². The number of benzene rings is 1. The first-order valence-corrected chi connectivity index (χ1v) is 6.01. The second-order valence-electron chi connectivity index (χ2n) is 4.38. The molecule has 4 heteroatoms. The van der Waals surface area contributed by atoms with Gasteiger partial charge in [0.05, 0.1) is 0 Å². The Kier molecular flexibility index (Phi) is 3.76. The van der Waals surface area contributed by atoms with E-state index < -0.39 is 0 Å². The minimum atomic E-state index is 0.200. The highest BCUT2D eigenvalue weighted by Crippen LogP contribution is 2.27. The molecule has 0 fully saturated rings. The molecular weight excluding hydrogens is 214 g/mol. The molecule has 0 radical (unpaired) electrons. The molecule has 0 saturated heterocycles. The predicted molar refractivity (Wildman–Crippen MR) is 68.9 cm³/mol. The van der Waals surface area contributed by atoms with E-state index in [0.717, 1.165) is 25.2 Å². The Labute approximate surface area is 102 Å². The molecule has 1 heterocycles. The maximum absolute atomic E-state index is 11.6. The molecule has 1 aliphatic rings. The van der Waals surface area contributed by atoms with Gasteiger partial charge in [-0.2, -0.15) is 0 Å². The molecule has 0 aromatic heterocycles. The highest BCUT2D eigenvalue weighted by Gasteiger charge is 2.20. The fraction of sp³-hybridized carbons (Fsp3) is 0.462. The highest BCUT2D eigenvalue weighted by molar-refractivity contribution is 5.95. The van der Waals surface area contributed by atoms with E-state index in [1.165, 1.54) is 11.1 Å². The second-order valence-corrected chi connectivity index (χ2v) is 4.38. The van der Waals surface area contributed by atoms with E-state index >= 15 is 0 Å². The topological polar surface area (TPSA) is 58.4 Å². The zero-order valence-electron chi connectivity index (χ0n) is 10.2. The number of rotatable bonds is 4. The zero-order valence-corrected chi connectivity index (χ0v) is 10.2. The lowest BCUT2D eigenvalue weighted by Gasteiger charge is -2.26. The van der Waals surface area contributed by atoms with Crippen molar-refractivity contribution in [2.75, 3.05) is 25.0 Å². The van der Waals surface area contributed by atoms with Crippen LogP contribution in [0.25, 0.3) is 0 Å². The molecule has 1 amide bonds. The van der Waals surface area contributed by atoms with Crippen LogP contribution in [0.2, 0.25) is 0 Å². The fourth-order valence-electron chi connectivity index (χ4n) is 2.15. The molecule has 0 aliphatic carbocycles. The van der Waals surface area contributed by atoms with Gasteiger partial charge in [-0.05, 0) is 23.6 Å². The number of nitrogens with two attached hydrogens (primary N) is 1. The van der Waals surface area contributed by atoms with Crippen LogP contribution in [0.3, 0.4) is 0 Å². The molecule has 3 N–H and O–H groups in total. The third kappa shape index (κ3) is 2.65. The van der Waals surface area contributed by atoms with Gasteiger partial charge >= 0.3 is 0 Å². The van der Waals surface area contributed by atoms with Crippen molar-refractivity contribution in [2.24, 2.45) is 5.73 Å². The van der Waals surface area contributed by atoms with Gasteiger partial charge in [0.1, 0.15) is 0 Å². The molecule has 1 aliphatic heterocycles. The number of carbonyl (C=O) groups excluding carboxylic acids is 1. The lowest BCUT2D eigenvalue weighted by atomic mass is 9.99. The number of nitrogens with zero attached hydrogens (tertiary/aromatic N) is 1. The second kappa shape index (κ2) is 5.29. The number of anilines is 1. The Morgan fingerprint density at radius 2 is 2.24 bits per heavy atom. The molecule has 4 nitrogen and oxygen atoms in total. The van der Waals surface area contributed by atoms with Crippen molar-refractivity contribution in [3.63, 3.8) is 0 Å². The zero-order chi connectivity index (χ0) is 12.3. The summed E-state index contributed by atoms with van der Waals surface area (Å²) in [6, 6.07) is 6.28.